The Kier molecular flexibility index (Phi) is 3.66. The van der Waals surface area contributed by atoms with Crippen LogP contribution >= 0.6 is 0 Å². The van der Waals surface area contributed by atoms with Gasteiger partial charge in [0.25, 0.3) is 0 Å². The molecule has 0 amide bonds. The summed E-state index contributed by atoms with van der Waals surface area (Å²) >= 11 is 0. The molecular formula is C18H22O. The predicted octanol–water partition coefficient (Wildman–Crippen LogP) is 4.84. The fourth-order valence-electron chi connectivity index (χ4n) is 2.29. The highest BCUT2D eigenvalue weighted by molar-refractivity contribution is 5.44. The van der Waals surface area contributed by atoms with Gasteiger partial charge in [-0.2, -0.15) is 0 Å². The summed E-state index contributed by atoms with van der Waals surface area (Å²) in [5.74, 6) is 0.577. The van der Waals surface area contributed by atoms with Crippen molar-refractivity contribution in [2.75, 3.05) is 0 Å². The van der Waals surface area contributed by atoms with E-state index < -0.39 is 0 Å². The van der Waals surface area contributed by atoms with Gasteiger partial charge in [-0.3, -0.25) is 0 Å². The normalized spacial score (nSPS) is 13.3. The molecule has 100 valence electrons. The maximum Gasteiger partial charge on any atom is 0.119 e. The van der Waals surface area contributed by atoms with E-state index in [0.29, 0.717) is 5.75 Å². The molecule has 1 N–H and O–H groups in total. The molecule has 0 saturated carbocycles. The highest BCUT2D eigenvalue weighted by Gasteiger charge is 2.18. The third kappa shape index (κ3) is 2.98. The number of aromatic hydroxyl groups is 1. The molecule has 0 aliphatic rings. The minimum Gasteiger partial charge on any atom is -0.508 e. The lowest BCUT2D eigenvalue weighted by Crippen LogP contribution is -2.11. The van der Waals surface area contributed by atoms with E-state index in [1.807, 2.05) is 30.3 Å². The summed E-state index contributed by atoms with van der Waals surface area (Å²) in [4.78, 5) is 0. The standard InChI is InChI=1S/C18H22O/c1-13(14-8-6-5-7-9-14)16-12-15(18(2,3)4)10-11-17(16)19/h5-13,19H,1-4H3/t13-/m0/s1. The first-order valence-electron chi connectivity index (χ1n) is 6.78. The lowest BCUT2D eigenvalue weighted by molar-refractivity contribution is 0.464. The van der Waals surface area contributed by atoms with Gasteiger partial charge in [-0.25, -0.2) is 0 Å². The third-order valence-electron chi connectivity index (χ3n) is 3.66. The molecule has 19 heavy (non-hydrogen) atoms. The number of hydrogen-bond acceptors (Lipinski definition) is 1. The van der Waals surface area contributed by atoms with Crippen molar-refractivity contribution in [2.24, 2.45) is 0 Å². The minimum absolute atomic E-state index is 0.0961. The largest absolute Gasteiger partial charge is 0.508 e. The topological polar surface area (TPSA) is 20.2 Å². The van der Waals surface area contributed by atoms with E-state index in [1.54, 1.807) is 0 Å². The molecule has 1 atom stereocenters. The van der Waals surface area contributed by atoms with Gasteiger partial charge in [0.2, 0.25) is 0 Å². The fourth-order valence-corrected chi connectivity index (χ4v) is 2.29. The Morgan fingerprint density at radius 1 is 0.947 bits per heavy atom. The van der Waals surface area contributed by atoms with E-state index in [4.69, 9.17) is 0 Å². The fraction of sp³-hybridized carbons (Fsp3) is 0.333. The van der Waals surface area contributed by atoms with Crippen LogP contribution in [0.5, 0.6) is 5.75 Å². The molecule has 0 saturated heterocycles. The Morgan fingerprint density at radius 2 is 1.58 bits per heavy atom. The second kappa shape index (κ2) is 5.08. The Hall–Kier alpha value is -1.76. The zero-order valence-corrected chi connectivity index (χ0v) is 12.1. The van der Waals surface area contributed by atoms with Crippen molar-refractivity contribution in [3.8, 4) is 5.75 Å². The van der Waals surface area contributed by atoms with E-state index in [0.717, 1.165) is 5.56 Å². The van der Waals surface area contributed by atoms with Gasteiger partial charge in [-0.1, -0.05) is 70.2 Å². The van der Waals surface area contributed by atoms with Crippen LogP contribution in [0.4, 0.5) is 0 Å². The second-order valence-electron chi connectivity index (χ2n) is 6.16. The number of hydrogen-bond donors (Lipinski definition) is 1. The van der Waals surface area contributed by atoms with Crippen LogP contribution in [-0.4, -0.2) is 5.11 Å². The molecule has 0 heterocycles. The lowest BCUT2D eigenvalue weighted by atomic mass is 9.83. The molecule has 0 spiro atoms. The highest BCUT2D eigenvalue weighted by atomic mass is 16.3. The predicted molar refractivity (Wildman–Crippen MR) is 80.8 cm³/mol. The monoisotopic (exact) mass is 254 g/mol. The summed E-state index contributed by atoms with van der Waals surface area (Å²) in [6.07, 6.45) is 0. The lowest BCUT2D eigenvalue weighted by Gasteiger charge is -2.22. The quantitative estimate of drug-likeness (QED) is 0.813. The van der Waals surface area contributed by atoms with Crippen molar-refractivity contribution in [3.05, 3.63) is 65.2 Å². The summed E-state index contributed by atoms with van der Waals surface area (Å²) in [5, 5.41) is 10.1. The SMILES string of the molecule is C[C@@H](c1ccccc1)c1cc(C(C)(C)C)ccc1O. The maximum atomic E-state index is 10.1. The van der Waals surface area contributed by atoms with Gasteiger partial charge in [-0.05, 0) is 22.6 Å². The van der Waals surface area contributed by atoms with Gasteiger partial charge < -0.3 is 5.11 Å². The summed E-state index contributed by atoms with van der Waals surface area (Å²) < 4.78 is 0. The van der Waals surface area contributed by atoms with Crippen LogP contribution in [-0.2, 0) is 5.41 Å². The highest BCUT2D eigenvalue weighted by Crippen LogP contribution is 2.34. The molecule has 2 rings (SSSR count). The van der Waals surface area contributed by atoms with Crippen LogP contribution < -0.4 is 0 Å². The summed E-state index contributed by atoms with van der Waals surface area (Å²) in [5.41, 5.74) is 3.57. The van der Waals surface area contributed by atoms with E-state index >= 15 is 0 Å². The van der Waals surface area contributed by atoms with Gasteiger partial charge in [0.15, 0.2) is 0 Å². The molecule has 0 aromatic heterocycles. The van der Waals surface area contributed by atoms with Gasteiger partial charge in [0, 0.05) is 11.5 Å². The van der Waals surface area contributed by atoms with E-state index in [2.05, 4.69) is 45.9 Å². The summed E-state index contributed by atoms with van der Waals surface area (Å²) in [6.45, 7) is 8.71. The molecule has 0 aliphatic carbocycles. The molecule has 1 nitrogen and oxygen atoms in total. The average Bonchev–Trinajstić information content (AvgIpc) is 2.38. The molecule has 1 heteroatoms. The minimum atomic E-state index is 0.0961. The van der Waals surface area contributed by atoms with E-state index in [1.165, 1.54) is 11.1 Å². The smallest absolute Gasteiger partial charge is 0.119 e. The summed E-state index contributed by atoms with van der Waals surface area (Å²) in [6, 6.07) is 16.3. The second-order valence-corrected chi connectivity index (χ2v) is 6.16. The van der Waals surface area contributed by atoms with E-state index in [-0.39, 0.29) is 11.3 Å². The molecule has 0 bridgehead atoms. The Labute approximate surface area is 115 Å². The van der Waals surface area contributed by atoms with Crippen molar-refractivity contribution in [1.29, 1.82) is 0 Å². The Morgan fingerprint density at radius 3 is 2.16 bits per heavy atom. The average molecular weight is 254 g/mol. The molecule has 0 fully saturated rings. The first-order chi connectivity index (χ1) is 8.89. The Bertz CT molecular complexity index is 550. The molecule has 0 radical (unpaired) electrons. The van der Waals surface area contributed by atoms with Gasteiger partial charge in [0.05, 0.1) is 0 Å². The molecule has 0 unspecified atom stereocenters. The first-order valence-corrected chi connectivity index (χ1v) is 6.78. The molecular weight excluding hydrogens is 232 g/mol. The maximum absolute atomic E-state index is 10.1. The van der Waals surface area contributed by atoms with Crippen LogP contribution in [0.3, 0.4) is 0 Å². The third-order valence-corrected chi connectivity index (χ3v) is 3.66. The molecule has 2 aromatic rings. The zero-order chi connectivity index (χ0) is 14.0. The summed E-state index contributed by atoms with van der Waals surface area (Å²) in [7, 11) is 0. The van der Waals surface area contributed by atoms with Crippen molar-refractivity contribution in [2.45, 2.75) is 39.0 Å². The first kappa shape index (κ1) is 13.7. The van der Waals surface area contributed by atoms with Gasteiger partial charge in [-0.15, -0.1) is 0 Å². The van der Waals surface area contributed by atoms with Crippen LogP contribution in [0.25, 0.3) is 0 Å². The van der Waals surface area contributed by atoms with Crippen LogP contribution in [0, 0.1) is 0 Å². The zero-order valence-electron chi connectivity index (χ0n) is 12.1. The van der Waals surface area contributed by atoms with E-state index in [9.17, 15) is 5.11 Å². The van der Waals surface area contributed by atoms with Crippen molar-refractivity contribution in [3.63, 3.8) is 0 Å². The Balaban J connectivity index is 2.45. The number of rotatable bonds is 2. The van der Waals surface area contributed by atoms with Crippen molar-refractivity contribution >= 4 is 0 Å². The number of phenols is 1. The van der Waals surface area contributed by atoms with Crippen molar-refractivity contribution in [1.82, 2.24) is 0 Å². The van der Waals surface area contributed by atoms with Crippen LogP contribution in [0.1, 0.15) is 50.3 Å². The van der Waals surface area contributed by atoms with Crippen molar-refractivity contribution < 1.29 is 5.11 Å². The molecule has 2 aromatic carbocycles. The van der Waals surface area contributed by atoms with Gasteiger partial charge >= 0.3 is 0 Å². The molecule has 0 aliphatic heterocycles. The van der Waals surface area contributed by atoms with Crippen LogP contribution in [0.15, 0.2) is 48.5 Å². The van der Waals surface area contributed by atoms with Crippen LogP contribution in [0.2, 0.25) is 0 Å². The number of phenolic OH excluding ortho intramolecular Hbond substituents is 1. The van der Waals surface area contributed by atoms with Gasteiger partial charge in [0.1, 0.15) is 5.75 Å². The number of benzene rings is 2.